The van der Waals surface area contributed by atoms with Gasteiger partial charge in [0.15, 0.2) is 0 Å². The number of aromatic nitrogens is 1. The molecule has 2 N–H and O–H groups in total. The lowest BCUT2D eigenvalue weighted by Gasteiger charge is -2.18. The molecular formula is C13H15N3. The Hall–Kier alpha value is -1.87. The Morgan fingerprint density at radius 1 is 1.12 bits per heavy atom. The molecule has 1 aromatic carbocycles. The zero-order valence-corrected chi connectivity index (χ0v) is 9.30. The maximum atomic E-state index is 5.56. The SMILES string of the molecule is CN(c1ccc(CN)cc1)c1ccccn1. The molecule has 2 aromatic rings. The summed E-state index contributed by atoms with van der Waals surface area (Å²) < 4.78 is 0. The fourth-order valence-electron chi connectivity index (χ4n) is 1.54. The molecule has 0 aliphatic rings. The van der Waals surface area contributed by atoms with E-state index in [9.17, 15) is 0 Å². The van der Waals surface area contributed by atoms with Crippen LogP contribution >= 0.6 is 0 Å². The van der Waals surface area contributed by atoms with Crippen molar-refractivity contribution in [3.63, 3.8) is 0 Å². The van der Waals surface area contributed by atoms with Gasteiger partial charge in [0.2, 0.25) is 0 Å². The first-order valence-electron chi connectivity index (χ1n) is 5.25. The molecule has 0 fully saturated rings. The number of pyridine rings is 1. The standard InChI is InChI=1S/C13H15N3/c1-16(13-4-2-3-9-15-13)12-7-5-11(10-14)6-8-12/h2-9H,10,14H2,1H3. The second-order valence-corrected chi connectivity index (χ2v) is 3.62. The molecule has 0 spiro atoms. The molecule has 3 heteroatoms. The van der Waals surface area contributed by atoms with Gasteiger partial charge in [-0.15, -0.1) is 0 Å². The van der Waals surface area contributed by atoms with Gasteiger partial charge in [-0.1, -0.05) is 18.2 Å². The highest BCUT2D eigenvalue weighted by Crippen LogP contribution is 2.21. The molecule has 0 amide bonds. The van der Waals surface area contributed by atoms with Crippen molar-refractivity contribution in [3.8, 4) is 0 Å². The van der Waals surface area contributed by atoms with E-state index in [4.69, 9.17) is 5.73 Å². The summed E-state index contributed by atoms with van der Waals surface area (Å²) in [5.41, 5.74) is 7.81. The van der Waals surface area contributed by atoms with E-state index in [2.05, 4.69) is 17.1 Å². The first-order valence-corrected chi connectivity index (χ1v) is 5.25. The monoisotopic (exact) mass is 213 g/mol. The molecule has 1 aromatic heterocycles. The van der Waals surface area contributed by atoms with Crippen molar-refractivity contribution in [1.29, 1.82) is 0 Å². The van der Waals surface area contributed by atoms with Gasteiger partial charge in [-0.2, -0.15) is 0 Å². The first-order chi connectivity index (χ1) is 7.81. The van der Waals surface area contributed by atoms with Crippen LogP contribution in [0.15, 0.2) is 48.7 Å². The van der Waals surface area contributed by atoms with Crippen molar-refractivity contribution in [2.75, 3.05) is 11.9 Å². The third-order valence-corrected chi connectivity index (χ3v) is 2.55. The summed E-state index contributed by atoms with van der Waals surface area (Å²) >= 11 is 0. The van der Waals surface area contributed by atoms with E-state index in [1.807, 2.05) is 42.3 Å². The van der Waals surface area contributed by atoms with Gasteiger partial charge in [-0.25, -0.2) is 4.98 Å². The number of anilines is 2. The molecule has 0 aliphatic heterocycles. The zero-order chi connectivity index (χ0) is 11.4. The van der Waals surface area contributed by atoms with Gasteiger partial charge in [0.1, 0.15) is 5.82 Å². The van der Waals surface area contributed by atoms with Crippen molar-refractivity contribution >= 4 is 11.5 Å². The molecule has 0 saturated heterocycles. The maximum absolute atomic E-state index is 5.56. The molecule has 0 aliphatic carbocycles. The normalized spacial score (nSPS) is 10.1. The highest BCUT2D eigenvalue weighted by molar-refractivity contribution is 5.59. The Morgan fingerprint density at radius 3 is 2.44 bits per heavy atom. The molecule has 1 heterocycles. The van der Waals surface area contributed by atoms with Crippen LogP contribution in [-0.4, -0.2) is 12.0 Å². The lowest BCUT2D eigenvalue weighted by atomic mass is 10.2. The summed E-state index contributed by atoms with van der Waals surface area (Å²) in [6.45, 7) is 0.577. The average molecular weight is 213 g/mol. The number of hydrogen-bond donors (Lipinski definition) is 1. The van der Waals surface area contributed by atoms with Crippen molar-refractivity contribution in [2.45, 2.75) is 6.54 Å². The summed E-state index contributed by atoms with van der Waals surface area (Å²) in [6.07, 6.45) is 1.79. The largest absolute Gasteiger partial charge is 0.329 e. The molecule has 16 heavy (non-hydrogen) atoms. The molecule has 0 unspecified atom stereocenters. The number of nitrogens with two attached hydrogens (primary N) is 1. The average Bonchev–Trinajstić information content (AvgIpc) is 2.39. The molecular weight excluding hydrogens is 198 g/mol. The minimum absolute atomic E-state index is 0.577. The van der Waals surface area contributed by atoms with Gasteiger partial charge in [-0.05, 0) is 29.8 Å². The number of hydrogen-bond acceptors (Lipinski definition) is 3. The van der Waals surface area contributed by atoms with E-state index in [0.29, 0.717) is 6.54 Å². The summed E-state index contributed by atoms with van der Waals surface area (Å²) in [6, 6.07) is 14.1. The fourth-order valence-corrected chi connectivity index (χ4v) is 1.54. The van der Waals surface area contributed by atoms with Crippen LogP contribution < -0.4 is 10.6 Å². The van der Waals surface area contributed by atoms with Gasteiger partial charge >= 0.3 is 0 Å². The highest BCUT2D eigenvalue weighted by Gasteiger charge is 2.03. The summed E-state index contributed by atoms with van der Waals surface area (Å²) in [5, 5.41) is 0. The topological polar surface area (TPSA) is 42.1 Å². The van der Waals surface area contributed by atoms with Crippen molar-refractivity contribution < 1.29 is 0 Å². The third kappa shape index (κ3) is 2.20. The molecule has 0 atom stereocenters. The molecule has 2 rings (SSSR count). The van der Waals surface area contributed by atoms with Crippen molar-refractivity contribution in [2.24, 2.45) is 5.73 Å². The Kier molecular flexibility index (Phi) is 3.17. The highest BCUT2D eigenvalue weighted by atomic mass is 15.2. The second-order valence-electron chi connectivity index (χ2n) is 3.62. The van der Waals surface area contributed by atoms with Gasteiger partial charge in [0.25, 0.3) is 0 Å². The lowest BCUT2D eigenvalue weighted by molar-refractivity contribution is 1.06. The van der Waals surface area contributed by atoms with Crippen LogP contribution in [0, 0.1) is 0 Å². The third-order valence-electron chi connectivity index (χ3n) is 2.55. The predicted octanol–water partition coefficient (Wildman–Crippen LogP) is 2.31. The Morgan fingerprint density at radius 2 is 1.88 bits per heavy atom. The molecule has 0 saturated carbocycles. The minimum atomic E-state index is 0.577. The Balaban J connectivity index is 2.24. The maximum Gasteiger partial charge on any atom is 0.132 e. The van der Waals surface area contributed by atoms with Gasteiger partial charge in [-0.3, -0.25) is 0 Å². The van der Waals surface area contributed by atoms with Gasteiger partial charge < -0.3 is 10.6 Å². The quantitative estimate of drug-likeness (QED) is 0.850. The van der Waals surface area contributed by atoms with Crippen molar-refractivity contribution in [3.05, 3.63) is 54.2 Å². The lowest BCUT2D eigenvalue weighted by Crippen LogP contribution is -2.10. The number of nitrogens with zero attached hydrogens (tertiary/aromatic N) is 2. The van der Waals surface area contributed by atoms with E-state index in [-0.39, 0.29) is 0 Å². The van der Waals surface area contributed by atoms with Gasteiger partial charge in [0, 0.05) is 25.5 Å². The summed E-state index contributed by atoms with van der Waals surface area (Å²) in [4.78, 5) is 6.34. The summed E-state index contributed by atoms with van der Waals surface area (Å²) in [7, 11) is 2.00. The predicted molar refractivity (Wildman–Crippen MR) is 66.6 cm³/mol. The summed E-state index contributed by atoms with van der Waals surface area (Å²) in [5.74, 6) is 0.933. The zero-order valence-electron chi connectivity index (χ0n) is 9.30. The van der Waals surface area contributed by atoms with Crippen LogP contribution in [0.2, 0.25) is 0 Å². The fraction of sp³-hybridized carbons (Fsp3) is 0.154. The van der Waals surface area contributed by atoms with E-state index in [1.165, 1.54) is 0 Å². The van der Waals surface area contributed by atoms with Crippen LogP contribution in [-0.2, 0) is 6.54 Å². The van der Waals surface area contributed by atoms with E-state index < -0.39 is 0 Å². The number of rotatable bonds is 3. The molecule has 82 valence electrons. The van der Waals surface area contributed by atoms with Crippen LogP contribution in [0.3, 0.4) is 0 Å². The van der Waals surface area contributed by atoms with Crippen LogP contribution in [0.5, 0.6) is 0 Å². The number of benzene rings is 1. The Labute approximate surface area is 95.5 Å². The second kappa shape index (κ2) is 4.77. The molecule has 3 nitrogen and oxygen atoms in total. The van der Waals surface area contributed by atoms with Crippen LogP contribution in [0.4, 0.5) is 11.5 Å². The molecule has 0 radical (unpaired) electrons. The first kappa shape index (κ1) is 10.6. The van der Waals surface area contributed by atoms with Crippen molar-refractivity contribution in [1.82, 2.24) is 4.98 Å². The minimum Gasteiger partial charge on any atom is -0.329 e. The van der Waals surface area contributed by atoms with E-state index in [0.717, 1.165) is 17.1 Å². The smallest absolute Gasteiger partial charge is 0.132 e. The Bertz CT molecular complexity index is 436. The van der Waals surface area contributed by atoms with Gasteiger partial charge in [0.05, 0.1) is 0 Å². The van der Waals surface area contributed by atoms with E-state index in [1.54, 1.807) is 6.20 Å². The molecule has 0 bridgehead atoms. The van der Waals surface area contributed by atoms with Crippen LogP contribution in [0.1, 0.15) is 5.56 Å². The van der Waals surface area contributed by atoms with Crippen LogP contribution in [0.25, 0.3) is 0 Å². The van der Waals surface area contributed by atoms with E-state index >= 15 is 0 Å².